The van der Waals surface area contributed by atoms with Gasteiger partial charge in [-0.25, -0.2) is 4.79 Å². The fourth-order valence-corrected chi connectivity index (χ4v) is 5.75. The predicted octanol–water partition coefficient (Wildman–Crippen LogP) is 2.18. The molecule has 0 radical (unpaired) electrons. The number of benzene rings is 1. The van der Waals surface area contributed by atoms with Gasteiger partial charge in [0.1, 0.15) is 5.75 Å². The van der Waals surface area contributed by atoms with Crippen molar-refractivity contribution in [1.82, 2.24) is 5.32 Å². The van der Waals surface area contributed by atoms with Crippen LogP contribution in [-0.4, -0.2) is 36.0 Å². The van der Waals surface area contributed by atoms with Crippen molar-refractivity contribution < 1.29 is 23.9 Å². The fourth-order valence-electron chi connectivity index (χ4n) is 5.75. The van der Waals surface area contributed by atoms with Crippen molar-refractivity contribution in [2.75, 3.05) is 6.61 Å². The van der Waals surface area contributed by atoms with Crippen LogP contribution in [0, 0.1) is 17.8 Å². The van der Waals surface area contributed by atoms with Crippen LogP contribution in [0.3, 0.4) is 0 Å². The van der Waals surface area contributed by atoms with Crippen LogP contribution in [0.1, 0.15) is 55.8 Å². The maximum Gasteiger partial charge on any atom is 0.338 e. The van der Waals surface area contributed by atoms with E-state index in [4.69, 9.17) is 15.2 Å². The lowest BCUT2D eigenvalue weighted by molar-refractivity contribution is -0.134. The van der Waals surface area contributed by atoms with Crippen molar-refractivity contribution in [3.05, 3.63) is 29.8 Å². The summed E-state index contributed by atoms with van der Waals surface area (Å²) in [4.78, 5) is 35.9. The zero-order valence-electron chi connectivity index (χ0n) is 16.7. The van der Waals surface area contributed by atoms with Gasteiger partial charge < -0.3 is 20.5 Å². The van der Waals surface area contributed by atoms with Gasteiger partial charge in [-0.2, -0.15) is 0 Å². The SMILES string of the molecule is C[C@H](OC(=O)c1ccc(OCC(N)=O)cc1)C(=O)NC12CC3CC(CC(C3)C1)C2. The predicted molar refractivity (Wildman–Crippen MR) is 105 cm³/mol. The third-order valence-electron chi connectivity index (χ3n) is 6.55. The van der Waals surface area contributed by atoms with Gasteiger partial charge in [0.2, 0.25) is 0 Å². The number of hydrogen-bond acceptors (Lipinski definition) is 5. The highest BCUT2D eigenvalue weighted by atomic mass is 16.5. The first-order chi connectivity index (χ1) is 13.8. The van der Waals surface area contributed by atoms with Gasteiger partial charge in [0, 0.05) is 5.54 Å². The van der Waals surface area contributed by atoms with Crippen molar-refractivity contribution in [3.8, 4) is 5.75 Å². The Hall–Kier alpha value is -2.57. The summed E-state index contributed by atoms with van der Waals surface area (Å²) in [5, 5.41) is 3.24. The van der Waals surface area contributed by atoms with Crippen molar-refractivity contribution in [2.24, 2.45) is 23.5 Å². The van der Waals surface area contributed by atoms with Crippen molar-refractivity contribution in [2.45, 2.75) is 57.1 Å². The number of primary amides is 1. The monoisotopic (exact) mass is 400 g/mol. The van der Waals surface area contributed by atoms with Gasteiger partial charge in [-0.1, -0.05) is 0 Å². The quantitative estimate of drug-likeness (QED) is 0.682. The summed E-state index contributed by atoms with van der Waals surface area (Å²) in [5.74, 6) is 1.25. The third-order valence-corrected chi connectivity index (χ3v) is 6.55. The highest BCUT2D eigenvalue weighted by Gasteiger charge is 2.51. The molecule has 4 aliphatic rings. The third kappa shape index (κ3) is 4.38. The minimum absolute atomic E-state index is 0.105. The normalized spacial score (nSPS) is 30.4. The minimum Gasteiger partial charge on any atom is -0.484 e. The van der Waals surface area contributed by atoms with Gasteiger partial charge >= 0.3 is 5.97 Å². The van der Waals surface area contributed by atoms with Gasteiger partial charge in [-0.05, 0) is 87.5 Å². The number of hydrogen-bond donors (Lipinski definition) is 2. The number of rotatable bonds is 7. The second-order valence-corrected chi connectivity index (χ2v) is 9.01. The summed E-state index contributed by atoms with van der Waals surface area (Å²) >= 11 is 0. The largest absolute Gasteiger partial charge is 0.484 e. The highest BCUT2D eigenvalue weighted by Crippen LogP contribution is 2.55. The van der Waals surface area contributed by atoms with E-state index in [1.165, 1.54) is 31.4 Å². The Labute approximate surface area is 170 Å². The Bertz CT molecular complexity index is 769. The lowest BCUT2D eigenvalue weighted by atomic mass is 9.53. The van der Waals surface area contributed by atoms with Gasteiger partial charge in [0.05, 0.1) is 5.56 Å². The van der Waals surface area contributed by atoms with Crippen molar-refractivity contribution >= 4 is 17.8 Å². The van der Waals surface area contributed by atoms with Crippen molar-refractivity contribution in [1.29, 1.82) is 0 Å². The van der Waals surface area contributed by atoms with Crippen LogP contribution in [-0.2, 0) is 14.3 Å². The summed E-state index contributed by atoms with van der Waals surface area (Å²) in [6, 6.07) is 6.17. The van der Waals surface area contributed by atoms with Crippen LogP contribution in [0.5, 0.6) is 5.75 Å². The Kier molecular flexibility index (Phi) is 5.23. The van der Waals surface area contributed by atoms with Crippen LogP contribution in [0.15, 0.2) is 24.3 Å². The maximum atomic E-state index is 12.7. The maximum absolute atomic E-state index is 12.7. The van der Waals surface area contributed by atoms with E-state index in [1.54, 1.807) is 19.1 Å². The molecular weight excluding hydrogens is 372 g/mol. The first-order valence-corrected chi connectivity index (χ1v) is 10.4. The molecule has 4 bridgehead atoms. The first-order valence-electron chi connectivity index (χ1n) is 10.4. The molecule has 5 rings (SSSR count). The number of amides is 2. The zero-order chi connectivity index (χ0) is 20.6. The van der Waals surface area contributed by atoms with Gasteiger partial charge in [0.15, 0.2) is 12.7 Å². The molecule has 3 N–H and O–H groups in total. The Morgan fingerprint density at radius 2 is 1.62 bits per heavy atom. The van der Waals surface area contributed by atoms with E-state index in [0.29, 0.717) is 11.3 Å². The molecule has 156 valence electrons. The molecule has 0 aromatic heterocycles. The number of nitrogens with two attached hydrogens (primary N) is 1. The molecule has 7 heteroatoms. The van der Waals surface area contributed by atoms with Crippen LogP contribution in [0.4, 0.5) is 0 Å². The van der Waals surface area contributed by atoms with Crippen molar-refractivity contribution in [3.63, 3.8) is 0 Å². The average molecular weight is 400 g/mol. The molecule has 1 aromatic carbocycles. The van der Waals surface area contributed by atoms with Crippen LogP contribution >= 0.6 is 0 Å². The topological polar surface area (TPSA) is 108 Å². The van der Waals surface area contributed by atoms with Gasteiger partial charge in [-0.3, -0.25) is 9.59 Å². The Morgan fingerprint density at radius 1 is 1.07 bits per heavy atom. The summed E-state index contributed by atoms with van der Waals surface area (Å²) in [5.41, 5.74) is 5.24. The standard InChI is InChI=1S/C22H28N2O5/c1-13(29-21(27)17-2-4-18(5-3-17)28-12-19(23)25)20(26)24-22-9-14-6-15(10-22)8-16(7-14)11-22/h2-5,13-16H,6-12H2,1H3,(H2,23,25)(H,24,26)/t13-,14?,15?,16?,22?/m0/s1. The molecule has 7 nitrogen and oxygen atoms in total. The van der Waals surface area contributed by atoms with E-state index in [9.17, 15) is 14.4 Å². The lowest BCUT2D eigenvalue weighted by Gasteiger charge is -2.57. The van der Waals surface area contributed by atoms with Gasteiger partial charge in [0.25, 0.3) is 11.8 Å². The summed E-state index contributed by atoms with van der Waals surface area (Å²) < 4.78 is 10.5. The molecule has 1 atom stereocenters. The molecule has 0 unspecified atom stereocenters. The highest BCUT2D eigenvalue weighted by molar-refractivity contribution is 5.92. The molecule has 1 aromatic rings. The molecule has 4 fully saturated rings. The number of carbonyl (C=O) groups excluding carboxylic acids is 3. The second-order valence-electron chi connectivity index (χ2n) is 9.01. The number of esters is 1. The molecule has 4 saturated carbocycles. The number of carbonyl (C=O) groups is 3. The van der Waals surface area contributed by atoms with Gasteiger partial charge in [-0.15, -0.1) is 0 Å². The smallest absolute Gasteiger partial charge is 0.338 e. The fraction of sp³-hybridized carbons (Fsp3) is 0.591. The molecule has 0 aliphatic heterocycles. The van der Waals surface area contributed by atoms with E-state index >= 15 is 0 Å². The minimum atomic E-state index is -0.860. The summed E-state index contributed by atoms with van der Waals surface area (Å²) in [6.45, 7) is 1.38. The van der Waals surface area contributed by atoms with Crippen LogP contribution in [0.2, 0.25) is 0 Å². The Balaban J connectivity index is 1.31. The molecule has 29 heavy (non-hydrogen) atoms. The Morgan fingerprint density at radius 3 is 2.14 bits per heavy atom. The molecule has 4 aliphatic carbocycles. The zero-order valence-corrected chi connectivity index (χ0v) is 16.7. The van der Waals surface area contributed by atoms with E-state index in [0.717, 1.165) is 37.0 Å². The van der Waals surface area contributed by atoms with E-state index in [2.05, 4.69) is 5.32 Å². The first kappa shape index (κ1) is 19.7. The second kappa shape index (κ2) is 7.69. The summed E-state index contributed by atoms with van der Waals surface area (Å²) in [7, 11) is 0. The van der Waals surface area contributed by atoms with E-state index < -0.39 is 18.0 Å². The van der Waals surface area contributed by atoms with E-state index in [1.807, 2.05) is 0 Å². The van der Waals surface area contributed by atoms with Crippen LogP contribution in [0.25, 0.3) is 0 Å². The molecule has 0 saturated heterocycles. The number of ether oxygens (including phenoxy) is 2. The average Bonchev–Trinajstić information content (AvgIpc) is 2.65. The van der Waals surface area contributed by atoms with E-state index in [-0.39, 0.29) is 18.1 Å². The van der Waals surface area contributed by atoms with Crippen LogP contribution < -0.4 is 15.8 Å². The number of nitrogens with one attached hydrogen (secondary N) is 1. The summed E-state index contributed by atoms with van der Waals surface area (Å²) in [6.07, 6.45) is 6.21. The molecular formula is C22H28N2O5. The molecule has 0 heterocycles. The molecule has 0 spiro atoms. The lowest BCUT2D eigenvalue weighted by Crippen LogP contribution is -2.61. The molecule has 2 amide bonds.